The van der Waals surface area contributed by atoms with Crippen LogP contribution in [-0.2, 0) is 23.2 Å². The normalized spacial score (nSPS) is 17.1. The Morgan fingerprint density at radius 1 is 1.36 bits per heavy atom. The first-order chi connectivity index (χ1) is 12.1. The van der Waals surface area contributed by atoms with Gasteiger partial charge in [-0.2, -0.15) is 0 Å². The van der Waals surface area contributed by atoms with Gasteiger partial charge in [-0.05, 0) is 12.1 Å². The molecule has 0 saturated carbocycles. The van der Waals surface area contributed by atoms with Gasteiger partial charge in [0.25, 0.3) is 0 Å². The summed E-state index contributed by atoms with van der Waals surface area (Å²) in [5, 5.41) is 3.84. The van der Waals surface area contributed by atoms with Crippen molar-refractivity contribution in [3.8, 4) is 0 Å². The fourth-order valence-corrected chi connectivity index (χ4v) is 3.53. The second-order valence-corrected chi connectivity index (χ2v) is 7.02. The van der Waals surface area contributed by atoms with Crippen LogP contribution in [0.5, 0.6) is 0 Å². The summed E-state index contributed by atoms with van der Waals surface area (Å²) in [6.45, 7) is 1.47. The Bertz CT molecular complexity index is 734. The maximum Gasteiger partial charge on any atom is 0.225 e. The number of aryl methyl sites for hydroxylation is 1. The van der Waals surface area contributed by atoms with Crippen LogP contribution in [0.1, 0.15) is 12.1 Å². The summed E-state index contributed by atoms with van der Waals surface area (Å²) in [6.07, 6.45) is 5.62. The highest BCUT2D eigenvalue weighted by molar-refractivity contribution is 7.99. The van der Waals surface area contributed by atoms with Crippen molar-refractivity contribution in [1.82, 2.24) is 24.8 Å². The van der Waals surface area contributed by atoms with E-state index in [-0.39, 0.29) is 24.2 Å². The van der Waals surface area contributed by atoms with Crippen molar-refractivity contribution in [2.24, 2.45) is 13.0 Å². The highest BCUT2D eigenvalue weighted by atomic mass is 32.2. The molecule has 8 heteroatoms. The van der Waals surface area contributed by atoms with E-state index >= 15 is 0 Å². The number of thioether (sulfide) groups is 1. The second-order valence-electron chi connectivity index (χ2n) is 5.96. The molecule has 1 aliphatic rings. The molecule has 1 N–H and O–H groups in total. The van der Waals surface area contributed by atoms with Gasteiger partial charge in [-0.3, -0.25) is 14.6 Å². The molecule has 25 heavy (non-hydrogen) atoms. The van der Waals surface area contributed by atoms with E-state index in [1.165, 1.54) is 0 Å². The van der Waals surface area contributed by atoms with E-state index in [0.717, 1.165) is 16.6 Å². The Kier molecular flexibility index (Phi) is 5.70. The van der Waals surface area contributed by atoms with Gasteiger partial charge in [0, 0.05) is 50.9 Å². The lowest BCUT2D eigenvalue weighted by Gasteiger charge is -2.16. The van der Waals surface area contributed by atoms with Crippen LogP contribution in [0.25, 0.3) is 0 Å². The molecule has 2 amide bonds. The molecule has 3 rings (SSSR count). The number of nitrogens with one attached hydrogen (secondary N) is 1. The Morgan fingerprint density at radius 3 is 2.96 bits per heavy atom. The number of carbonyl (C=O) groups is 2. The zero-order valence-corrected chi connectivity index (χ0v) is 14.9. The van der Waals surface area contributed by atoms with Crippen LogP contribution in [0.4, 0.5) is 0 Å². The van der Waals surface area contributed by atoms with Gasteiger partial charge in [0.2, 0.25) is 11.8 Å². The molecular weight excluding hydrogens is 338 g/mol. The van der Waals surface area contributed by atoms with E-state index in [0.29, 0.717) is 19.6 Å². The minimum Gasteiger partial charge on any atom is -0.355 e. The number of carbonyl (C=O) groups excluding carboxylic acids is 2. The molecule has 1 fully saturated rings. The molecule has 0 aromatic carbocycles. The highest BCUT2D eigenvalue weighted by Gasteiger charge is 2.34. The fraction of sp³-hybridized carbons (Fsp3) is 0.412. The maximum absolute atomic E-state index is 12.3. The number of hydrogen-bond donors (Lipinski definition) is 1. The van der Waals surface area contributed by atoms with E-state index in [4.69, 9.17) is 0 Å². The van der Waals surface area contributed by atoms with Gasteiger partial charge in [-0.1, -0.05) is 17.8 Å². The molecular formula is C17H21N5O2S. The number of rotatable bonds is 7. The summed E-state index contributed by atoms with van der Waals surface area (Å²) in [4.78, 5) is 34.6. The SMILES string of the molecule is Cn1ccnc1SCCNC(=O)[C@H]1CC(=O)N(Cc2ccccn2)C1. The van der Waals surface area contributed by atoms with Crippen LogP contribution in [0.2, 0.25) is 0 Å². The van der Waals surface area contributed by atoms with Crippen LogP contribution in [-0.4, -0.2) is 50.1 Å². The van der Waals surface area contributed by atoms with Crippen LogP contribution in [0.3, 0.4) is 0 Å². The Labute approximate surface area is 150 Å². The Morgan fingerprint density at radius 2 is 2.24 bits per heavy atom. The monoisotopic (exact) mass is 359 g/mol. The van der Waals surface area contributed by atoms with E-state index in [2.05, 4.69) is 15.3 Å². The minimum absolute atomic E-state index is 0.00758. The Balaban J connectivity index is 1.42. The summed E-state index contributed by atoms with van der Waals surface area (Å²) >= 11 is 1.59. The van der Waals surface area contributed by atoms with Gasteiger partial charge in [0.05, 0.1) is 18.2 Å². The lowest BCUT2D eigenvalue weighted by atomic mass is 10.1. The molecule has 2 aromatic heterocycles. The number of imidazole rings is 1. The molecule has 7 nitrogen and oxygen atoms in total. The zero-order valence-electron chi connectivity index (χ0n) is 14.1. The van der Waals surface area contributed by atoms with Crippen molar-refractivity contribution in [2.45, 2.75) is 18.1 Å². The third-order valence-electron chi connectivity index (χ3n) is 4.07. The summed E-state index contributed by atoms with van der Waals surface area (Å²) in [6, 6.07) is 5.62. The van der Waals surface area contributed by atoms with Gasteiger partial charge >= 0.3 is 0 Å². The second kappa shape index (κ2) is 8.15. The van der Waals surface area contributed by atoms with E-state index < -0.39 is 0 Å². The highest BCUT2D eigenvalue weighted by Crippen LogP contribution is 2.20. The van der Waals surface area contributed by atoms with Crippen LogP contribution in [0, 0.1) is 5.92 Å². The quantitative estimate of drug-likeness (QED) is 0.591. The molecule has 1 atom stereocenters. The van der Waals surface area contributed by atoms with Crippen molar-refractivity contribution in [1.29, 1.82) is 0 Å². The van der Waals surface area contributed by atoms with Crippen LogP contribution in [0.15, 0.2) is 41.9 Å². The predicted molar refractivity (Wildman–Crippen MR) is 94.7 cm³/mol. The molecule has 0 spiro atoms. The lowest BCUT2D eigenvalue weighted by molar-refractivity contribution is -0.129. The standard InChI is InChI=1S/C17H21N5O2S/c1-21-8-6-20-17(21)25-9-7-19-16(24)13-10-15(23)22(11-13)12-14-4-2-3-5-18-14/h2-6,8,13H,7,9-12H2,1H3,(H,19,24)/t13-/m0/s1. The van der Waals surface area contributed by atoms with Gasteiger partial charge in [-0.25, -0.2) is 4.98 Å². The van der Waals surface area contributed by atoms with E-state index in [1.807, 2.05) is 36.0 Å². The number of likely N-dealkylation sites (tertiary alicyclic amines) is 1. The average molecular weight is 359 g/mol. The number of pyridine rings is 1. The third kappa shape index (κ3) is 4.60. The first kappa shape index (κ1) is 17.5. The number of amides is 2. The maximum atomic E-state index is 12.3. The third-order valence-corrected chi connectivity index (χ3v) is 5.13. The molecule has 0 radical (unpaired) electrons. The summed E-state index contributed by atoms with van der Waals surface area (Å²) in [5.74, 6) is 0.411. The lowest BCUT2D eigenvalue weighted by Crippen LogP contribution is -2.34. The molecule has 0 bridgehead atoms. The van der Waals surface area contributed by atoms with Crippen molar-refractivity contribution in [3.05, 3.63) is 42.5 Å². The van der Waals surface area contributed by atoms with Crippen molar-refractivity contribution >= 4 is 23.6 Å². The molecule has 132 valence electrons. The zero-order chi connectivity index (χ0) is 17.6. The number of nitrogens with zero attached hydrogens (tertiary/aromatic N) is 4. The van der Waals surface area contributed by atoms with Gasteiger partial charge in [0.1, 0.15) is 0 Å². The fourth-order valence-electron chi connectivity index (χ4n) is 2.74. The molecule has 1 saturated heterocycles. The minimum atomic E-state index is -0.283. The first-order valence-electron chi connectivity index (χ1n) is 8.19. The van der Waals surface area contributed by atoms with E-state index in [9.17, 15) is 9.59 Å². The van der Waals surface area contributed by atoms with Crippen molar-refractivity contribution < 1.29 is 9.59 Å². The van der Waals surface area contributed by atoms with Gasteiger partial charge in [-0.15, -0.1) is 0 Å². The molecule has 0 unspecified atom stereocenters. The van der Waals surface area contributed by atoms with Crippen LogP contribution < -0.4 is 5.32 Å². The summed E-state index contributed by atoms with van der Waals surface area (Å²) in [7, 11) is 1.94. The topological polar surface area (TPSA) is 80.1 Å². The molecule has 0 aliphatic carbocycles. The van der Waals surface area contributed by atoms with Crippen molar-refractivity contribution in [2.75, 3.05) is 18.8 Å². The largest absolute Gasteiger partial charge is 0.355 e. The van der Waals surface area contributed by atoms with Gasteiger partial charge < -0.3 is 14.8 Å². The van der Waals surface area contributed by atoms with Gasteiger partial charge in [0.15, 0.2) is 5.16 Å². The predicted octanol–water partition coefficient (Wildman–Crippen LogP) is 1.07. The van der Waals surface area contributed by atoms with Crippen molar-refractivity contribution in [3.63, 3.8) is 0 Å². The first-order valence-corrected chi connectivity index (χ1v) is 9.17. The molecule has 3 heterocycles. The molecule has 2 aromatic rings. The molecule has 1 aliphatic heterocycles. The van der Waals surface area contributed by atoms with E-state index in [1.54, 1.807) is 29.1 Å². The summed E-state index contributed by atoms with van der Waals surface area (Å²) in [5.41, 5.74) is 0.836. The summed E-state index contributed by atoms with van der Waals surface area (Å²) < 4.78 is 1.94. The number of aromatic nitrogens is 3. The number of hydrogen-bond acceptors (Lipinski definition) is 5. The van der Waals surface area contributed by atoms with Crippen LogP contribution >= 0.6 is 11.8 Å². The Hall–Kier alpha value is -2.35. The average Bonchev–Trinajstić information content (AvgIpc) is 3.18. The smallest absolute Gasteiger partial charge is 0.225 e.